The van der Waals surface area contributed by atoms with Gasteiger partial charge in [0, 0.05) is 34.3 Å². The molecule has 2 amide bonds. The van der Waals surface area contributed by atoms with E-state index in [-0.39, 0.29) is 10.9 Å². The van der Waals surface area contributed by atoms with Crippen LogP contribution in [0.25, 0.3) is 11.0 Å². The van der Waals surface area contributed by atoms with Crippen LogP contribution in [0.1, 0.15) is 0 Å². The van der Waals surface area contributed by atoms with Crippen LogP contribution in [0.5, 0.6) is 0 Å². The van der Waals surface area contributed by atoms with Crippen molar-refractivity contribution in [1.82, 2.24) is 29.9 Å². The third kappa shape index (κ3) is 4.65. The molecule has 0 unspecified atom stereocenters. The fraction of sp³-hybridized carbons (Fsp3) is 0.500. The van der Waals surface area contributed by atoms with Gasteiger partial charge in [0.25, 0.3) is 0 Å². The highest BCUT2D eigenvalue weighted by molar-refractivity contribution is 7.89. The first-order valence-electron chi connectivity index (χ1n) is 7.62. The minimum Gasteiger partial charge on any atom is -0.383 e. The van der Waals surface area contributed by atoms with Crippen LogP contribution in [0.3, 0.4) is 0 Å². The summed E-state index contributed by atoms with van der Waals surface area (Å²) in [4.78, 5) is 11.7. The van der Waals surface area contributed by atoms with Gasteiger partial charge < -0.3 is 15.4 Å². The summed E-state index contributed by atoms with van der Waals surface area (Å²) in [5, 5.41) is 13.3. The van der Waals surface area contributed by atoms with Crippen LogP contribution >= 0.6 is 0 Å². The number of hydrogen-bond donors (Lipinski definition) is 2. The number of methoxy groups -OCH3 is 1. The van der Waals surface area contributed by atoms with Gasteiger partial charge in [-0.25, -0.2) is 22.2 Å². The molecule has 0 radical (unpaired) electrons. The van der Waals surface area contributed by atoms with Crippen LogP contribution in [-0.4, -0.2) is 74.6 Å². The third-order valence-corrected chi connectivity index (χ3v) is 5.28. The number of aromatic nitrogens is 3. The van der Waals surface area contributed by atoms with E-state index in [9.17, 15) is 13.2 Å². The minimum absolute atomic E-state index is 0.160. The zero-order valence-electron chi connectivity index (χ0n) is 14.4. The van der Waals surface area contributed by atoms with Gasteiger partial charge in [0.2, 0.25) is 10.0 Å². The van der Waals surface area contributed by atoms with Crippen molar-refractivity contribution in [3.8, 4) is 0 Å². The fourth-order valence-electron chi connectivity index (χ4n) is 2.09. The zero-order valence-corrected chi connectivity index (χ0v) is 15.2. The van der Waals surface area contributed by atoms with Gasteiger partial charge in [0.1, 0.15) is 5.52 Å². The number of rotatable bonds is 8. The van der Waals surface area contributed by atoms with E-state index in [1.165, 1.54) is 26.2 Å². The van der Waals surface area contributed by atoms with Crippen LogP contribution in [0.4, 0.5) is 4.79 Å². The molecule has 1 heterocycles. The molecule has 138 valence electrons. The molecule has 25 heavy (non-hydrogen) atoms. The van der Waals surface area contributed by atoms with Crippen molar-refractivity contribution >= 4 is 27.1 Å². The molecule has 0 atom stereocenters. The maximum Gasteiger partial charge on any atom is 0.314 e. The highest BCUT2D eigenvalue weighted by Gasteiger charge is 2.18. The van der Waals surface area contributed by atoms with Crippen LogP contribution in [-0.2, 0) is 21.3 Å². The first kappa shape index (κ1) is 19.1. The Hall–Kier alpha value is -2.24. The van der Waals surface area contributed by atoms with Gasteiger partial charge in [-0.05, 0) is 18.2 Å². The molecule has 0 aliphatic heterocycles. The van der Waals surface area contributed by atoms with E-state index in [1.54, 1.807) is 17.9 Å². The molecular formula is C14H22N6O4S. The molecule has 0 bridgehead atoms. The van der Waals surface area contributed by atoms with Crippen LogP contribution in [0.15, 0.2) is 23.1 Å². The average Bonchev–Trinajstić information content (AvgIpc) is 2.97. The Morgan fingerprint density at radius 3 is 2.68 bits per heavy atom. The van der Waals surface area contributed by atoms with Crippen molar-refractivity contribution < 1.29 is 17.9 Å². The Morgan fingerprint density at radius 1 is 1.28 bits per heavy atom. The van der Waals surface area contributed by atoms with Crippen molar-refractivity contribution in [2.24, 2.45) is 0 Å². The van der Waals surface area contributed by atoms with Crippen LogP contribution in [0, 0.1) is 0 Å². The number of ether oxygens (including phenoxy) is 1. The summed E-state index contributed by atoms with van der Waals surface area (Å²) in [6.45, 7) is 1.64. The molecule has 1 aromatic carbocycles. The standard InChI is InChI=1S/C14H22N6O4S/c1-19(2)25(22,23)11-4-5-13-12(10-11)17-18-20(13)8-6-15-14(21)16-7-9-24-3/h4-5,10H,6-9H2,1-3H3,(H2,15,16,21). The largest absolute Gasteiger partial charge is 0.383 e. The fourth-order valence-corrected chi connectivity index (χ4v) is 3.02. The predicted octanol–water partition coefficient (Wildman–Crippen LogP) is -0.373. The number of carbonyl (C=O) groups is 1. The third-order valence-electron chi connectivity index (χ3n) is 3.46. The number of nitrogens with zero attached hydrogens (tertiary/aromatic N) is 4. The lowest BCUT2D eigenvalue weighted by Crippen LogP contribution is -2.38. The maximum atomic E-state index is 12.1. The lowest BCUT2D eigenvalue weighted by atomic mass is 10.3. The van der Waals surface area contributed by atoms with E-state index in [0.717, 1.165) is 4.31 Å². The molecule has 11 heteroatoms. The van der Waals surface area contributed by atoms with E-state index < -0.39 is 10.0 Å². The molecule has 0 spiro atoms. The molecule has 0 aliphatic rings. The minimum atomic E-state index is -3.52. The Kier molecular flexibility index (Phi) is 6.28. The highest BCUT2D eigenvalue weighted by atomic mass is 32.2. The summed E-state index contributed by atoms with van der Waals surface area (Å²) >= 11 is 0. The van der Waals surface area contributed by atoms with E-state index in [4.69, 9.17) is 4.74 Å². The topological polar surface area (TPSA) is 118 Å². The summed E-state index contributed by atoms with van der Waals surface area (Å²) in [5.41, 5.74) is 1.17. The Balaban J connectivity index is 2.01. The maximum absolute atomic E-state index is 12.1. The van der Waals surface area contributed by atoms with Crippen LogP contribution in [0.2, 0.25) is 0 Å². The molecule has 0 saturated heterocycles. The molecule has 2 aromatic rings. The van der Waals surface area contributed by atoms with E-state index in [2.05, 4.69) is 20.9 Å². The van der Waals surface area contributed by atoms with Gasteiger partial charge in [-0.3, -0.25) is 0 Å². The van der Waals surface area contributed by atoms with Gasteiger partial charge >= 0.3 is 6.03 Å². The molecule has 0 aliphatic carbocycles. The molecule has 2 N–H and O–H groups in total. The Labute approximate surface area is 146 Å². The SMILES string of the molecule is COCCNC(=O)NCCn1nnc2cc(S(=O)(=O)N(C)C)ccc21. The van der Waals surface area contributed by atoms with Gasteiger partial charge in [0.15, 0.2) is 0 Å². The number of urea groups is 1. The summed E-state index contributed by atoms with van der Waals surface area (Å²) in [5.74, 6) is 0. The molecule has 2 rings (SSSR count). The predicted molar refractivity (Wildman–Crippen MR) is 91.7 cm³/mol. The number of carbonyl (C=O) groups excluding carboxylic acids is 1. The van der Waals surface area contributed by atoms with Gasteiger partial charge in [-0.2, -0.15) is 0 Å². The molecule has 0 saturated carbocycles. The van der Waals surface area contributed by atoms with Crippen LogP contribution < -0.4 is 10.6 Å². The van der Waals surface area contributed by atoms with E-state index in [1.807, 2.05) is 0 Å². The Bertz CT molecular complexity index is 833. The molecule has 10 nitrogen and oxygen atoms in total. The number of fused-ring (bicyclic) bond motifs is 1. The van der Waals surface area contributed by atoms with Gasteiger partial charge in [-0.15, -0.1) is 5.10 Å². The van der Waals surface area contributed by atoms with Gasteiger partial charge in [-0.1, -0.05) is 5.21 Å². The lowest BCUT2D eigenvalue weighted by molar-refractivity contribution is 0.196. The second-order valence-electron chi connectivity index (χ2n) is 5.43. The first-order chi connectivity index (χ1) is 11.9. The first-order valence-corrected chi connectivity index (χ1v) is 9.06. The van der Waals surface area contributed by atoms with Crippen molar-refractivity contribution in [3.63, 3.8) is 0 Å². The number of hydrogen-bond acceptors (Lipinski definition) is 6. The Morgan fingerprint density at radius 2 is 2.00 bits per heavy atom. The summed E-state index contributed by atoms with van der Waals surface area (Å²) in [6.07, 6.45) is 0. The smallest absolute Gasteiger partial charge is 0.314 e. The number of sulfonamides is 1. The summed E-state index contributed by atoms with van der Waals surface area (Å²) < 4.78 is 31.9. The number of amides is 2. The average molecular weight is 370 g/mol. The molecule has 0 fully saturated rings. The second kappa shape index (κ2) is 8.23. The quantitative estimate of drug-likeness (QED) is 0.612. The molecular weight excluding hydrogens is 348 g/mol. The number of nitrogens with one attached hydrogen (secondary N) is 2. The van der Waals surface area contributed by atoms with E-state index >= 15 is 0 Å². The monoisotopic (exact) mass is 370 g/mol. The second-order valence-corrected chi connectivity index (χ2v) is 7.58. The van der Waals surface area contributed by atoms with Gasteiger partial charge in [0.05, 0.1) is 23.6 Å². The summed E-state index contributed by atoms with van der Waals surface area (Å²) in [6, 6.07) is 4.37. The normalized spacial score (nSPS) is 11.8. The van der Waals surface area contributed by atoms with Crippen molar-refractivity contribution in [1.29, 1.82) is 0 Å². The molecule has 1 aromatic heterocycles. The van der Waals surface area contributed by atoms with Crippen molar-refractivity contribution in [3.05, 3.63) is 18.2 Å². The lowest BCUT2D eigenvalue weighted by Gasteiger charge is -2.11. The summed E-state index contributed by atoms with van der Waals surface area (Å²) in [7, 11) is 0.986. The van der Waals surface area contributed by atoms with Crippen molar-refractivity contribution in [2.75, 3.05) is 40.9 Å². The van der Waals surface area contributed by atoms with Crippen molar-refractivity contribution in [2.45, 2.75) is 11.4 Å². The van der Waals surface area contributed by atoms with E-state index in [0.29, 0.717) is 37.3 Å². The highest BCUT2D eigenvalue weighted by Crippen LogP contribution is 2.19. The zero-order chi connectivity index (χ0) is 18.4. The number of benzene rings is 1.